The molecule has 0 radical (unpaired) electrons. The second-order valence-electron chi connectivity index (χ2n) is 7.36. The Labute approximate surface area is 157 Å². The van der Waals surface area contributed by atoms with E-state index in [1.54, 1.807) is 13.1 Å². The zero-order valence-electron chi connectivity index (χ0n) is 15.1. The molecule has 2 aromatic carbocycles. The molecule has 5 nitrogen and oxygen atoms in total. The molecule has 136 valence electrons. The van der Waals surface area contributed by atoms with E-state index in [2.05, 4.69) is 33.1 Å². The highest BCUT2D eigenvalue weighted by molar-refractivity contribution is 5.94. The highest BCUT2D eigenvalue weighted by atomic mass is 16.3. The average molecular weight is 359 g/mol. The van der Waals surface area contributed by atoms with Gasteiger partial charge in [-0.1, -0.05) is 30.3 Å². The topological polar surface area (TPSA) is 67.2 Å². The summed E-state index contributed by atoms with van der Waals surface area (Å²) in [4.78, 5) is 16.2. The Morgan fingerprint density at radius 1 is 1.22 bits per heavy atom. The van der Waals surface area contributed by atoms with Gasteiger partial charge in [-0.3, -0.25) is 4.79 Å². The van der Waals surface area contributed by atoms with Crippen LogP contribution in [0.15, 0.2) is 55.0 Å². The monoisotopic (exact) mass is 359 g/mol. The third-order valence-corrected chi connectivity index (χ3v) is 6.03. The second-order valence-corrected chi connectivity index (χ2v) is 7.36. The Kier molecular flexibility index (Phi) is 3.65. The van der Waals surface area contributed by atoms with Crippen LogP contribution < -0.4 is 5.32 Å². The summed E-state index contributed by atoms with van der Waals surface area (Å²) in [6.45, 7) is 0. The van der Waals surface area contributed by atoms with Gasteiger partial charge in [0.15, 0.2) is 0 Å². The normalized spacial score (nSPS) is 22.7. The first-order valence-corrected chi connectivity index (χ1v) is 9.33. The summed E-state index contributed by atoms with van der Waals surface area (Å²) >= 11 is 0. The van der Waals surface area contributed by atoms with Crippen LogP contribution in [0.3, 0.4) is 0 Å². The van der Waals surface area contributed by atoms with Crippen molar-refractivity contribution >= 4 is 5.91 Å². The Morgan fingerprint density at radius 3 is 2.93 bits per heavy atom. The van der Waals surface area contributed by atoms with Gasteiger partial charge in [-0.05, 0) is 41.7 Å². The van der Waals surface area contributed by atoms with Gasteiger partial charge in [-0.2, -0.15) is 0 Å². The van der Waals surface area contributed by atoms with Gasteiger partial charge in [0, 0.05) is 24.1 Å². The molecule has 0 fully saturated rings. The van der Waals surface area contributed by atoms with Crippen molar-refractivity contribution in [2.75, 3.05) is 7.05 Å². The molecule has 0 saturated heterocycles. The third kappa shape index (κ3) is 2.35. The lowest BCUT2D eigenvalue weighted by Gasteiger charge is -2.35. The maximum absolute atomic E-state index is 11.9. The van der Waals surface area contributed by atoms with E-state index >= 15 is 0 Å². The lowest BCUT2D eigenvalue weighted by Crippen LogP contribution is -2.29. The van der Waals surface area contributed by atoms with E-state index in [9.17, 15) is 9.90 Å². The first kappa shape index (κ1) is 16.3. The largest absolute Gasteiger partial charge is 0.388 e. The van der Waals surface area contributed by atoms with Crippen molar-refractivity contribution in [3.8, 4) is 11.3 Å². The fourth-order valence-corrected chi connectivity index (χ4v) is 4.75. The molecule has 5 rings (SSSR count). The molecular formula is C22H21N3O2. The number of imidazole rings is 1. The lowest BCUT2D eigenvalue weighted by atomic mass is 9.75. The van der Waals surface area contributed by atoms with Gasteiger partial charge in [0.05, 0.1) is 30.4 Å². The molecule has 27 heavy (non-hydrogen) atoms. The number of rotatable bonds is 2. The Balaban J connectivity index is 1.54. The molecule has 2 heterocycles. The fourth-order valence-electron chi connectivity index (χ4n) is 4.75. The van der Waals surface area contributed by atoms with Gasteiger partial charge in [-0.25, -0.2) is 4.98 Å². The summed E-state index contributed by atoms with van der Waals surface area (Å²) < 4.78 is 2.20. The first-order valence-electron chi connectivity index (χ1n) is 9.33. The zero-order valence-corrected chi connectivity index (χ0v) is 15.1. The summed E-state index contributed by atoms with van der Waals surface area (Å²) in [5, 5.41) is 13.9. The number of nitrogens with one attached hydrogen (secondary N) is 1. The van der Waals surface area contributed by atoms with Crippen molar-refractivity contribution in [2.24, 2.45) is 5.92 Å². The van der Waals surface area contributed by atoms with Crippen molar-refractivity contribution in [3.63, 3.8) is 0 Å². The van der Waals surface area contributed by atoms with Crippen LogP contribution in [0.25, 0.3) is 11.3 Å². The first-order chi connectivity index (χ1) is 13.2. The Bertz CT molecular complexity index is 1040. The molecule has 1 amide bonds. The van der Waals surface area contributed by atoms with E-state index < -0.39 is 6.10 Å². The van der Waals surface area contributed by atoms with Crippen LogP contribution in [0.5, 0.6) is 0 Å². The molecule has 5 heteroatoms. The number of benzene rings is 2. The van der Waals surface area contributed by atoms with Crippen LogP contribution in [0.1, 0.15) is 45.6 Å². The number of carbonyl (C=O) groups excluding carboxylic acids is 1. The average Bonchev–Trinajstić information content (AvgIpc) is 3.29. The summed E-state index contributed by atoms with van der Waals surface area (Å²) in [6, 6.07) is 14.1. The molecule has 3 atom stereocenters. The Hall–Kier alpha value is -2.92. The predicted octanol–water partition coefficient (Wildman–Crippen LogP) is 3.11. The van der Waals surface area contributed by atoms with E-state index in [4.69, 9.17) is 0 Å². The van der Waals surface area contributed by atoms with Gasteiger partial charge >= 0.3 is 0 Å². The number of hydrogen-bond donors (Lipinski definition) is 2. The van der Waals surface area contributed by atoms with Gasteiger partial charge in [-0.15, -0.1) is 0 Å². The van der Waals surface area contributed by atoms with Crippen molar-refractivity contribution in [1.29, 1.82) is 0 Å². The minimum Gasteiger partial charge on any atom is -0.388 e. The molecule has 0 saturated carbocycles. The van der Waals surface area contributed by atoms with Crippen molar-refractivity contribution in [3.05, 3.63) is 77.2 Å². The van der Waals surface area contributed by atoms with Gasteiger partial charge in [0.2, 0.25) is 0 Å². The van der Waals surface area contributed by atoms with Gasteiger partial charge < -0.3 is 15.0 Å². The van der Waals surface area contributed by atoms with E-state index in [1.165, 1.54) is 11.1 Å². The molecule has 2 N–H and O–H groups in total. The highest BCUT2D eigenvalue weighted by Gasteiger charge is 2.40. The summed E-state index contributed by atoms with van der Waals surface area (Å²) in [6.07, 6.45) is 4.92. The fraction of sp³-hybridized carbons (Fsp3) is 0.273. The number of aromatic nitrogens is 2. The third-order valence-electron chi connectivity index (χ3n) is 6.03. The molecule has 1 aliphatic carbocycles. The number of fused-ring (bicyclic) bond motifs is 4. The SMILES string of the molecule is CNC(=O)c1ccc2c(c1)CC[C@@H](C1c3ccccc3-c3cncn31)[C@H]2O. The van der Waals surface area contributed by atoms with E-state index in [1.807, 2.05) is 30.7 Å². The summed E-state index contributed by atoms with van der Waals surface area (Å²) in [5.74, 6) is -0.0258. The van der Waals surface area contributed by atoms with Crippen molar-refractivity contribution < 1.29 is 9.90 Å². The molecule has 0 bridgehead atoms. The maximum Gasteiger partial charge on any atom is 0.251 e. The number of aryl methyl sites for hydroxylation is 1. The molecular weight excluding hydrogens is 338 g/mol. The molecule has 3 aromatic rings. The summed E-state index contributed by atoms with van der Waals surface area (Å²) in [7, 11) is 1.63. The quantitative estimate of drug-likeness (QED) is 0.739. The number of aliphatic hydroxyl groups is 1. The van der Waals surface area contributed by atoms with Crippen LogP contribution in [-0.4, -0.2) is 27.6 Å². The van der Waals surface area contributed by atoms with Crippen LogP contribution in [0.2, 0.25) is 0 Å². The number of nitrogens with zero attached hydrogens (tertiary/aromatic N) is 2. The van der Waals surface area contributed by atoms with Crippen molar-refractivity contribution in [2.45, 2.75) is 25.0 Å². The Morgan fingerprint density at radius 2 is 2.07 bits per heavy atom. The van der Waals surface area contributed by atoms with E-state index in [0.717, 1.165) is 29.7 Å². The van der Waals surface area contributed by atoms with Crippen molar-refractivity contribution in [1.82, 2.24) is 14.9 Å². The van der Waals surface area contributed by atoms with Crippen LogP contribution >= 0.6 is 0 Å². The second kappa shape index (κ2) is 6.06. The maximum atomic E-state index is 11.9. The highest BCUT2D eigenvalue weighted by Crippen LogP contribution is 2.49. The number of hydrogen-bond acceptors (Lipinski definition) is 3. The molecule has 0 spiro atoms. The molecule has 1 unspecified atom stereocenters. The molecule has 1 aliphatic heterocycles. The van der Waals surface area contributed by atoms with E-state index in [0.29, 0.717) is 5.56 Å². The number of amides is 1. The number of carbonyl (C=O) groups is 1. The van der Waals surface area contributed by atoms with E-state index in [-0.39, 0.29) is 17.9 Å². The standard InChI is InChI=1S/C22H21N3O2/c1-23-22(27)14-7-8-15-13(10-14)6-9-18(21(15)26)20-17-5-3-2-4-16(17)19-11-24-12-25(19)20/h2-5,7-8,10-12,18,20-21,26H,6,9H2,1H3,(H,23,27)/t18-,20?,21-/m0/s1. The van der Waals surface area contributed by atoms with Crippen LogP contribution in [0.4, 0.5) is 0 Å². The predicted molar refractivity (Wildman–Crippen MR) is 102 cm³/mol. The molecule has 1 aromatic heterocycles. The van der Waals surface area contributed by atoms with Gasteiger partial charge in [0.1, 0.15) is 0 Å². The minimum absolute atomic E-state index is 0.0694. The zero-order chi connectivity index (χ0) is 18.5. The van der Waals surface area contributed by atoms with Crippen LogP contribution in [0, 0.1) is 5.92 Å². The smallest absolute Gasteiger partial charge is 0.251 e. The van der Waals surface area contributed by atoms with Crippen LogP contribution in [-0.2, 0) is 6.42 Å². The summed E-state index contributed by atoms with van der Waals surface area (Å²) in [5.41, 5.74) is 6.22. The van der Waals surface area contributed by atoms with Gasteiger partial charge in [0.25, 0.3) is 5.91 Å². The minimum atomic E-state index is -0.570. The molecule has 2 aliphatic rings. The number of aliphatic hydroxyl groups excluding tert-OH is 1. The lowest BCUT2D eigenvalue weighted by molar-refractivity contribution is 0.0719.